The Bertz CT molecular complexity index is 1240. The number of hydrogen-bond donors (Lipinski definition) is 2. The highest BCUT2D eigenvalue weighted by Crippen LogP contribution is 2.27. The molecule has 1 fully saturated rings. The van der Waals surface area contributed by atoms with E-state index in [1.54, 1.807) is 54.6 Å². The van der Waals surface area contributed by atoms with Crippen molar-refractivity contribution < 1.29 is 23.5 Å². The monoisotopic (exact) mass is 587 g/mol. The molecule has 3 aromatic rings. The number of benzene rings is 3. The molecule has 7 nitrogen and oxygen atoms in total. The molecule has 0 unspecified atom stereocenters. The van der Waals surface area contributed by atoms with Gasteiger partial charge >= 0.3 is 6.03 Å². The van der Waals surface area contributed by atoms with Crippen LogP contribution in [0.1, 0.15) is 24.1 Å². The van der Waals surface area contributed by atoms with Gasteiger partial charge in [-0.1, -0.05) is 42.5 Å². The van der Waals surface area contributed by atoms with Gasteiger partial charge in [0.15, 0.2) is 0 Å². The lowest BCUT2D eigenvalue weighted by Crippen LogP contribution is -2.49. The maximum atomic E-state index is 14.4. The lowest BCUT2D eigenvalue weighted by Gasteiger charge is -2.25. The molecule has 35 heavy (non-hydrogen) atoms. The number of urea groups is 1. The molecule has 2 N–H and O–H groups in total. The second-order valence-electron chi connectivity index (χ2n) is 7.91. The zero-order valence-corrected chi connectivity index (χ0v) is 21.0. The van der Waals surface area contributed by atoms with Gasteiger partial charge in [-0.2, -0.15) is 0 Å². The highest BCUT2D eigenvalue weighted by molar-refractivity contribution is 14.1. The molecule has 180 valence electrons. The second-order valence-corrected chi connectivity index (χ2v) is 9.16. The van der Waals surface area contributed by atoms with E-state index < -0.39 is 35.7 Å². The van der Waals surface area contributed by atoms with Gasteiger partial charge in [0.05, 0.1) is 12.3 Å². The Kier molecular flexibility index (Phi) is 7.64. The molecule has 1 heterocycles. The van der Waals surface area contributed by atoms with Crippen LogP contribution < -0.4 is 15.4 Å². The first-order valence-electron chi connectivity index (χ1n) is 11.0. The summed E-state index contributed by atoms with van der Waals surface area (Å²) in [5.74, 6) is -1.18. The van der Waals surface area contributed by atoms with Gasteiger partial charge in [0, 0.05) is 9.99 Å². The molecule has 0 radical (unpaired) electrons. The number of rotatable bonds is 8. The molecule has 3 aromatic carbocycles. The molecule has 1 aliphatic heterocycles. The van der Waals surface area contributed by atoms with Crippen LogP contribution in [-0.4, -0.2) is 35.4 Å². The maximum Gasteiger partial charge on any atom is 0.325 e. The van der Waals surface area contributed by atoms with E-state index in [2.05, 4.69) is 10.6 Å². The number of carbonyl (C=O) groups excluding carboxylic acids is 3. The Labute approximate surface area is 215 Å². The van der Waals surface area contributed by atoms with Gasteiger partial charge < -0.3 is 15.4 Å². The molecule has 1 aliphatic rings. The topological polar surface area (TPSA) is 87.7 Å². The minimum Gasteiger partial charge on any atom is -0.494 e. The van der Waals surface area contributed by atoms with Crippen molar-refractivity contribution in [1.29, 1.82) is 0 Å². The number of carbonyl (C=O) groups is 3. The van der Waals surface area contributed by atoms with Crippen LogP contribution in [0.4, 0.5) is 14.9 Å². The number of halogens is 2. The number of hydrogen-bond acceptors (Lipinski definition) is 4. The van der Waals surface area contributed by atoms with Crippen LogP contribution in [0.2, 0.25) is 0 Å². The van der Waals surface area contributed by atoms with Crippen LogP contribution in [0, 0.1) is 9.39 Å². The first kappa shape index (κ1) is 24.6. The van der Waals surface area contributed by atoms with Crippen LogP contribution in [0.15, 0.2) is 72.8 Å². The van der Waals surface area contributed by atoms with Crippen molar-refractivity contribution >= 4 is 46.1 Å². The Morgan fingerprint density at radius 3 is 2.49 bits per heavy atom. The average Bonchev–Trinajstić information content (AvgIpc) is 3.14. The van der Waals surface area contributed by atoms with Crippen molar-refractivity contribution in [3.8, 4) is 5.75 Å². The van der Waals surface area contributed by atoms with E-state index in [1.165, 1.54) is 12.1 Å². The number of amides is 4. The fraction of sp³-hybridized carbons (Fsp3) is 0.192. The SMILES string of the molecule is CCOc1ccc([C@H]2NC(=O)N([C@@H](Cc3ccccc3)C(=O)Nc3ccc(I)cc3F)C2=O)cc1. The lowest BCUT2D eigenvalue weighted by molar-refractivity contribution is -0.134. The van der Waals surface area contributed by atoms with Crippen LogP contribution in [0.25, 0.3) is 0 Å². The Balaban J connectivity index is 1.62. The summed E-state index contributed by atoms with van der Waals surface area (Å²) in [6.07, 6.45) is 0.0772. The fourth-order valence-corrected chi connectivity index (χ4v) is 4.34. The zero-order valence-electron chi connectivity index (χ0n) is 18.8. The number of ether oxygens (including phenoxy) is 1. The van der Waals surface area contributed by atoms with Crippen molar-refractivity contribution in [3.63, 3.8) is 0 Å². The van der Waals surface area contributed by atoms with E-state index in [0.717, 1.165) is 10.5 Å². The quantitative estimate of drug-likeness (QED) is 0.296. The predicted molar refractivity (Wildman–Crippen MR) is 137 cm³/mol. The highest BCUT2D eigenvalue weighted by Gasteiger charge is 2.45. The van der Waals surface area contributed by atoms with E-state index in [1.807, 2.05) is 35.6 Å². The summed E-state index contributed by atoms with van der Waals surface area (Å²) in [5, 5.41) is 5.21. The van der Waals surface area contributed by atoms with E-state index in [-0.39, 0.29) is 12.1 Å². The smallest absolute Gasteiger partial charge is 0.325 e. The minimum atomic E-state index is -1.18. The molecule has 0 bridgehead atoms. The lowest BCUT2D eigenvalue weighted by atomic mass is 10.0. The van der Waals surface area contributed by atoms with Gasteiger partial charge in [-0.05, 0) is 71.0 Å². The molecule has 0 spiro atoms. The van der Waals surface area contributed by atoms with Crippen LogP contribution in [0.3, 0.4) is 0 Å². The maximum absolute atomic E-state index is 14.4. The molecule has 9 heteroatoms. The standard InChI is InChI=1S/C26H23FIN3O4/c1-2-35-19-11-8-17(9-12-19)23-25(33)31(26(34)30-23)22(14-16-6-4-3-5-7-16)24(32)29-21-13-10-18(28)15-20(21)27/h3-13,15,22-23H,2,14H2,1H3,(H,29,32)(H,30,34)/t22-,23+/m0/s1. The number of imide groups is 1. The van der Waals surface area contributed by atoms with E-state index in [9.17, 15) is 18.8 Å². The third kappa shape index (κ3) is 5.61. The average molecular weight is 587 g/mol. The van der Waals surface area contributed by atoms with Gasteiger partial charge in [0.1, 0.15) is 23.7 Å². The van der Waals surface area contributed by atoms with E-state index in [0.29, 0.717) is 21.5 Å². The highest BCUT2D eigenvalue weighted by atomic mass is 127. The summed E-state index contributed by atoms with van der Waals surface area (Å²) in [5.41, 5.74) is 1.29. The summed E-state index contributed by atoms with van der Waals surface area (Å²) in [4.78, 5) is 40.6. The number of nitrogens with one attached hydrogen (secondary N) is 2. The molecule has 0 aliphatic carbocycles. The van der Waals surface area contributed by atoms with Crippen molar-refractivity contribution in [2.75, 3.05) is 11.9 Å². The van der Waals surface area contributed by atoms with Gasteiger partial charge in [-0.3, -0.25) is 9.59 Å². The second kappa shape index (κ2) is 10.9. The molecule has 4 amide bonds. The Morgan fingerprint density at radius 2 is 1.83 bits per heavy atom. The molecule has 0 aromatic heterocycles. The Morgan fingerprint density at radius 1 is 1.11 bits per heavy atom. The van der Waals surface area contributed by atoms with Gasteiger partial charge in [0.25, 0.3) is 5.91 Å². The zero-order chi connectivity index (χ0) is 24.9. The molecule has 4 rings (SSSR count). The third-order valence-electron chi connectivity index (χ3n) is 5.57. The van der Waals surface area contributed by atoms with Crippen molar-refractivity contribution in [2.45, 2.75) is 25.4 Å². The van der Waals surface area contributed by atoms with Crippen LogP contribution in [0.5, 0.6) is 5.75 Å². The first-order valence-corrected chi connectivity index (χ1v) is 12.1. The van der Waals surface area contributed by atoms with Crippen LogP contribution >= 0.6 is 22.6 Å². The predicted octanol–water partition coefficient (Wildman–Crippen LogP) is 4.67. The summed E-state index contributed by atoms with van der Waals surface area (Å²) >= 11 is 1.97. The summed E-state index contributed by atoms with van der Waals surface area (Å²) < 4.78 is 20.5. The molecular formula is C26H23FIN3O4. The number of nitrogens with zero attached hydrogens (tertiary/aromatic N) is 1. The molecule has 0 saturated carbocycles. The summed E-state index contributed by atoms with van der Waals surface area (Å²) in [6.45, 7) is 2.37. The first-order chi connectivity index (χ1) is 16.9. The fourth-order valence-electron chi connectivity index (χ4n) is 3.88. The minimum absolute atomic E-state index is 0.0244. The van der Waals surface area contributed by atoms with Crippen molar-refractivity contribution in [2.24, 2.45) is 0 Å². The number of anilines is 1. The van der Waals surface area contributed by atoms with E-state index in [4.69, 9.17) is 4.74 Å². The molecule has 2 atom stereocenters. The van der Waals surface area contributed by atoms with Crippen molar-refractivity contribution in [1.82, 2.24) is 10.2 Å². The van der Waals surface area contributed by atoms with E-state index >= 15 is 0 Å². The van der Waals surface area contributed by atoms with Gasteiger partial charge in [-0.25, -0.2) is 14.1 Å². The Hall–Kier alpha value is -3.47. The van der Waals surface area contributed by atoms with Gasteiger partial charge in [0.2, 0.25) is 5.91 Å². The van der Waals surface area contributed by atoms with Crippen LogP contribution in [-0.2, 0) is 16.0 Å². The van der Waals surface area contributed by atoms with Gasteiger partial charge in [-0.15, -0.1) is 0 Å². The molecular weight excluding hydrogens is 564 g/mol. The summed E-state index contributed by atoms with van der Waals surface area (Å²) in [7, 11) is 0. The molecule has 1 saturated heterocycles. The summed E-state index contributed by atoms with van der Waals surface area (Å²) in [6, 6.07) is 17.4. The largest absolute Gasteiger partial charge is 0.494 e. The normalized spacial score (nSPS) is 16.1. The van der Waals surface area contributed by atoms with Crippen molar-refractivity contribution in [3.05, 3.63) is 93.3 Å². The third-order valence-corrected chi connectivity index (χ3v) is 6.24.